The first-order valence-electron chi connectivity index (χ1n) is 6.70. The van der Waals surface area contributed by atoms with Crippen molar-refractivity contribution >= 4 is 28.5 Å². The van der Waals surface area contributed by atoms with Crippen LogP contribution in [0.5, 0.6) is 5.75 Å². The SMILES string of the molecule is COC(=O)C1CC(Oc2ccc(Cl)c3cccnc23)CN1. The molecule has 1 N–H and O–H groups in total. The Kier molecular flexibility index (Phi) is 3.94. The van der Waals surface area contributed by atoms with Gasteiger partial charge in [0.05, 0.1) is 12.1 Å². The Balaban J connectivity index is 1.80. The van der Waals surface area contributed by atoms with E-state index in [1.165, 1.54) is 7.11 Å². The molecule has 2 aromatic rings. The topological polar surface area (TPSA) is 60.5 Å². The smallest absolute Gasteiger partial charge is 0.323 e. The summed E-state index contributed by atoms with van der Waals surface area (Å²) in [5.74, 6) is 0.410. The second kappa shape index (κ2) is 5.87. The van der Waals surface area contributed by atoms with Crippen LogP contribution >= 0.6 is 11.6 Å². The van der Waals surface area contributed by atoms with Crippen molar-refractivity contribution in [1.82, 2.24) is 10.3 Å². The first-order valence-corrected chi connectivity index (χ1v) is 7.08. The molecular weight excluding hydrogens is 292 g/mol. The Bertz CT molecular complexity index is 677. The van der Waals surface area contributed by atoms with Crippen molar-refractivity contribution in [3.63, 3.8) is 0 Å². The van der Waals surface area contributed by atoms with E-state index in [9.17, 15) is 4.79 Å². The van der Waals surface area contributed by atoms with Crippen LogP contribution in [-0.2, 0) is 9.53 Å². The molecule has 0 aliphatic carbocycles. The number of aromatic nitrogens is 1. The summed E-state index contributed by atoms with van der Waals surface area (Å²) in [6.45, 7) is 0.594. The van der Waals surface area contributed by atoms with E-state index in [0.717, 1.165) is 10.9 Å². The molecule has 6 heteroatoms. The number of esters is 1. The van der Waals surface area contributed by atoms with E-state index in [1.54, 1.807) is 12.3 Å². The highest BCUT2D eigenvalue weighted by atomic mass is 35.5. The zero-order chi connectivity index (χ0) is 14.8. The highest BCUT2D eigenvalue weighted by Crippen LogP contribution is 2.31. The van der Waals surface area contributed by atoms with Crippen LogP contribution < -0.4 is 10.1 Å². The van der Waals surface area contributed by atoms with Gasteiger partial charge >= 0.3 is 5.97 Å². The van der Waals surface area contributed by atoms with E-state index in [-0.39, 0.29) is 18.1 Å². The maximum atomic E-state index is 11.5. The largest absolute Gasteiger partial charge is 0.487 e. The Labute approximate surface area is 127 Å². The molecule has 110 valence electrons. The molecule has 1 aromatic heterocycles. The summed E-state index contributed by atoms with van der Waals surface area (Å²) in [5, 5.41) is 4.59. The maximum absolute atomic E-state index is 11.5. The van der Waals surface area contributed by atoms with Crippen LogP contribution in [0.25, 0.3) is 10.9 Å². The van der Waals surface area contributed by atoms with E-state index in [2.05, 4.69) is 10.3 Å². The molecule has 1 fully saturated rings. The fraction of sp³-hybridized carbons (Fsp3) is 0.333. The molecule has 3 rings (SSSR count). The lowest BCUT2D eigenvalue weighted by molar-refractivity contribution is -0.142. The molecule has 21 heavy (non-hydrogen) atoms. The quantitative estimate of drug-likeness (QED) is 0.881. The van der Waals surface area contributed by atoms with Gasteiger partial charge in [-0.3, -0.25) is 9.78 Å². The van der Waals surface area contributed by atoms with Crippen molar-refractivity contribution in [2.24, 2.45) is 0 Å². The number of nitrogens with one attached hydrogen (secondary N) is 1. The number of benzene rings is 1. The standard InChI is InChI=1S/C15H15ClN2O3/c1-20-15(19)12-7-9(8-18-12)21-13-5-4-11(16)10-3-2-6-17-14(10)13/h2-6,9,12,18H,7-8H2,1H3. The van der Waals surface area contributed by atoms with Gasteiger partial charge in [-0.05, 0) is 24.3 Å². The molecule has 1 saturated heterocycles. The number of nitrogens with zero attached hydrogens (tertiary/aromatic N) is 1. The van der Waals surface area contributed by atoms with Crippen molar-refractivity contribution < 1.29 is 14.3 Å². The van der Waals surface area contributed by atoms with Crippen LogP contribution in [0.2, 0.25) is 5.02 Å². The van der Waals surface area contributed by atoms with Gasteiger partial charge in [-0.15, -0.1) is 0 Å². The lowest BCUT2D eigenvalue weighted by atomic mass is 10.2. The molecule has 0 saturated carbocycles. The predicted octanol–water partition coefficient (Wildman–Crippen LogP) is 2.17. The molecule has 0 bridgehead atoms. The third kappa shape index (κ3) is 2.80. The summed E-state index contributed by atoms with van der Waals surface area (Å²) in [6.07, 6.45) is 2.18. The van der Waals surface area contributed by atoms with E-state index < -0.39 is 0 Å². The Morgan fingerprint density at radius 2 is 2.29 bits per heavy atom. The fourth-order valence-electron chi connectivity index (χ4n) is 2.50. The minimum absolute atomic E-state index is 0.0968. The number of methoxy groups -OCH3 is 1. The molecule has 0 amide bonds. The molecule has 0 radical (unpaired) electrons. The number of fused-ring (bicyclic) bond motifs is 1. The summed E-state index contributed by atoms with van der Waals surface area (Å²) in [5.41, 5.74) is 0.728. The van der Waals surface area contributed by atoms with Crippen LogP contribution in [0.1, 0.15) is 6.42 Å². The minimum Gasteiger partial charge on any atom is -0.487 e. The Hall–Kier alpha value is -1.85. The van der Waals surface area contributed by atoms with E-state index in [1.807, 2.05) is 18.2 Å². The van der Waals surface area contributed by atoms with Crippen molar-refractivity contribution in [3.05, 3.63) is 35.5 Å². The molecule has 5 nitrogen and oxygen atoms in total. The summed E-state index contributed by atoms with van der Waals surface area (Å²) in [4.78, 5) is 15.8. The Morgan fingerprint density at radius 3 is 3.10 bits per heavy atom. The van der Waals surface area contributed by atoms with Crippen LogP contribution in [0.3, 0.4) is 0 Å². The normalized spacial score (nSPS) is 21.4. The average Bonchev–Trinajstić information content (AvgIpc) is 2.98. The second-order valence-corrected chi connectivity index (χ2v) is 5.31. The van der Waals surface area contributed by atoms with E-state index >= 15 is 0 Å². The first kappa shape index (κ1) is 14.1. The van der Waals surface area contributed by atoms with Crippen LogP contribution in [-0.4, -0.2) is 36.8 Å². The molecule has 0 spiro atoms. The van der Waals surface area contributed by atoms with Gasteiger partial charge in [0, 0.05) is 24.5 Å². The third-order valence-corrected chi connectivity index (χ3v) is 3.88. The number of hydrogen-bond donors (Lipinski definition) is 1. The van der Waals surface area contributed by atoms with E-state index in [4.69, 9.17) is 21.1 Å². The van der Waals surface area contributed by atoms with Crippen LogP contribution in [0.4, 0.5) is 0 Å². The van der Waals surface area contributed by atoms with Gasteiger partial charge in [0.1, 0.15) is 23.4 Å². The molecule has 2 heterocycles. The van der Waals surface area contributed by atoms with E-state index in [0.29, 0.717) is 23.7 Å². The molecule has 2 unspecified atom stereocenters. The number of hydrogen-bond acceptors (Lipinski definition) is 5. The van der Waals surface area contributed by atoms with Crippen molar-refractivity contribution in [1.29, 1.82) is 0 Å². The van der Waals surface area contributed by atoms with Crippen molar-refractivity contribution in [2.45, 2.75) is 18.6 Å². The molecule has 2 atom stereocenters. The van der Waals surface area contributed by atoms with Gasteiger partial charge in [0.2, 0.25) is 0 Å². The monoisotopic (exact) mass is 306 g/mol. The number of rotatable bonds is 3. The maximum Gasteiger partial charge on any atom is 0.323 e. The van der Waals surface area contributed by atoms with Gasteiger partial charge in [-0.2, -0.15) is 0 Å². The van der Waals surface area contributed by atoms with Gasteiger partial charge < -0.3 is 14.8 Å². The number of carbonyl (C=O) groups is 1. The van der Waals surface area contributed by atoms with Crippen molar-refractivity contribution in [3.8, 4) is 5.75 Å². The highest BCUT2D eigenvalue weighted by molar-refractivity contribution is 6.35. The Morgan fingerprint density at radius 1 is 1.43 bits per heavy atom. The summed E-state index contributed by atoms with van der Waals surface area (Å²) in [7, 11) is 1.38. The molecule has 1 aromatic carbocycles. The van der Waals surface area contributed by atoms with Gasteiger partial charge in [-0.1, -0.05) is 11.6 Å². The summed E-state index contributed by atoms with van der Waals surface area (Å²) in [6, 6.07) is 7.03. The number of pyridine rings is 1. The third-order valence-electron chi connectivity index (χ3n) is 3.55. The number of ether oxygens (including phenoxy) is 2. The zero-order valence-electron chi connectivity index (χ0n) is 11.5. The lowest BCUT2D eigenvalue weighted by Gasteiger charge is -2.14. The molecule has 1 aliphatic heterocycles. The predicted molar refractivity (Wildman–Crippen MR) is 79.6 cm³/mol. The average molecular weight is 307 g/mol. The van der Waals surface area contributed by atoms with Crippen LogP contribution in [0.15, 0.2) is 30.5 Å². The summed E-state index contributed by atoms with van der Waals surface area (Å²) >= 11 is 6.16. The minimum atomic E-state index is -0.313. The summed E-state index contributed by atoms with van der Waals surface area (Å²) < 4.78 is 10.7. The van der Waals surface area contributed by atoms with Crippen molar-refractivity contribution in [2.75, 3.05) is 13.7 Å². The number of halogens is 1. The molecular formula is C15H15ClN2O3. The van der Waals surface area contributed by atoms with Gasteiger partial charge in [-0.25, -0.2) is 0 Å². The van der Waals surface area contributed by atoms with Crippen LogP contribution in [0, 0.1) is 0 Å². The fourth-order valence-corrected chi connectivity index (χ4v) is 2.72. The van der Waals surface area contributed by atoms with Gasteiger partial charge in [0.15, 0.2) is 0 Å². The molecule has 1 aliphatic rings. The zero-order valence-corrected chi connectivity index (χ0v) is 12.3. The van der Waals surface area contributed by atoms with Gasteiger partial charge in [0.25, 0.3) is 0 Å². The second-order valence-electron chi connectivity index (χ2n) is 4.90. The lowest BCUT2D eigenvalue weighted by Crippen LogP contribution is -2.31. The number of carbonyl (C=O) groups excluding carboxylic acids is 1. The first-order chi connectivity index (χ1) is 10.2. The highest BCUT2D eigenvalue weighted by Gasteiger charge is 2.31.